The molecule has 0 radical (unpaired) electrons. The minimum absolute atomic E-state index is 0.0596. The Labute approximate surface area is 194 Å². The summed E-state index contributed by atoms with van der Waals surface area (Å²) in [7, 11) is 1.76. The van der Waals surface area contributed by atoms with E-state index >= 15 is 0 Å². The van der Waals surface area contributed by atoms with Crippen LogP contribution in [0.2, 0.25) is 0 Å². The van der Waals surface area contributed by atoms with Gasteiger partial charge in [-0.3, -0.25) is 14.4 Å². The molecule has 1 unspecified atom stereocenters. The molecule has 0 bridgehead atoms. The molecule has 2 saturated heterocycles. The summed E-state index contributed by atoms with van der Waals surface area (Å²) in [5.74, 6) is -1.58. The van der Waals surface area contributed by atoms with Gasteiger partial charge in [-0.1, -0.05) is 31.2 Å². The number of aliphatic hydroxyl groups is 1. The second kappa shape index (κ2) is 7.62. The van der Waals surface area contributed by atoms with Gasteiger partial charge < -0.3 is 19.8 Å². The van der Waals surface area contributed by atoms with E-state index in [1.165, 1.54) is 0 Å². The highest BCUT2D eigenvalue weighted by molar-refractivity contribution is 8.02. The van der Waals surface area contributed by atoms with E-state index in [-0.39, 0.29) is 24.3 Å². The number of nitrogens with zero attached hydrogens (tertiary/aromatic N) is 3. The van der Waals surface area contributed by atoms with Crippen LogP contribution in [0.4, 0.5) is 0 Å². The number of likely N-dealkylation sites (N-methyl/N-ethyl adjacent to an activating group) is 1. The molecule has 0 aromatic carbocycles. The van der Waals surface area contributed by atoms with Gasteiger partial charge in [0.05, 0.1) is 29.2 Å². The number of hydrogen-bond donors (Lipinski definition) is 1. The van der Waals surface area contributed by atoms with E-state index in [0.29, 0.717) is 19.5 Å². The van der Waals surface area contributed by atoms with Crippen LogP contribution in [0.25, 0.3) is 0 Å². The lowest BCUT2D eigenvalue weighted by molar-refractivity contribution is -0.148. The average molecular weight is 462 g/mol. The maximum Gasteiger partial charge on any atom is 0.247 e. The molecule has 0 aliphatic carbocycles. The predicted octanol–water partition coefficient (Wildman–Crippen LogP) is 1.67. The number of likely N-dealkylation sites (tertiary alicyclic amines) is 1. The van der Waals surface area contributed by atoms with Crippen LogP contribution in [0.15, 0.2) is 24.3 Å². The Bertz CT molecular complexity index is 892. The molecule has 1 N–H and O–H groups in total. The SMILES string of the molecule is CC[C@@H](CO)N1C(=O)[C@@H]2[C@@H]3C(=O)N(C)CC=C[C@]3(C)S[C@@]23C=CCN(C(C)(C)C)C(=O)C13. The molecule has 7 nitrogen and oxygen atoms in total. The molecule has 1 spiro atoms. The summed E-state index contributed by atoms with van der Waals surface area (Å²) in [6, 6.07) is -1.22. The van der Waals surface area contributed by atoms with Gasteiger partial charge in [-0.15, -0.1) is 11.8 Å². The molecule has 0 aromatic rings. The standard InChI is InChI=1S/C24H35N3O4S/c1-7-15(14-28)27-18-21(31)26(22(2,3)4)13-9-11-24(18)17(20(27)30)16-19(29)25(6)12-8-10-23(16,5)32-24/h8-11,15-18,28H,7,12-14H2,1-6H3/t15-,16+,17-,18?,23-,24-/m0/s1. The van der Waals surface area contributed by atoms with Gasteiger partial charge in [0.25, 0.3) is 0 Å². The van der Waals surface area contributed by atoms with E-state index in [4.69, 9.17) is 0 Å². The monoisotopic (exact) mass is 461 g/mol. The third kappa shape index (κ3) is 3.09. The van der Waals surface area contributed by atoms with Crippen molar-refractivity contribution in [2.24, 2.45) is 11.8 Å². The van der Waals surface area contributed by atoms with E-state index < -0.39 is 39.0 Å². The fourth-order valence-electron chi connectivity index (χ4n) is 5.99. The Morgan fingerprint density at radius 2 is 1.75 bits per heavy atom. The van der Waals surface area contributed by atoms with Crippen molar-refractivity contribution in [1.82, 2.24) is 14.7 Å². The molecule has 32 heavy (non-hydrogen) atoms. The number of hydrogen-bond acceptors (Lipinski definition) is 5. The average Bonchev–Trinajstić information content (AvgIpc) is 2.98. The van der Waals surface area contributed by atoms with Crippen molar-refractivity contribution < 1.29 is 19.5 Å². The van der Waals surface area contributed by atoms with Gasteiger partial charge >= 0.3 is 0 Å². The number of aliphatic hydroxyl groups excluding tert-OH is 1. The highest BCUT2D eigenvalue weighted by atomic mass is 32.2. The topological polar surface area (TPSA) is 81.2 Å². The first-order valence-corrected chi connectivity index (χ1v) is 12.3. The number of rotatable bonds is 3. The number of thioether (sulfide) groups is 1. The van der Waals surface area contributed by atoms with Gasteiger partial charge in [0.1, 0.15) is 6.04 Å². The molecule has 0 saturated carbocycles. The van der Waals surface area contributed by atoms with Gasteiger partial charge in [-0.2, -0.15) is 0 Å². The number of carbonyl (C=O) groups excluding carboxylic acids is 3. The fourth-order valence-corrected chi connectivity index (χ4v) is 8.14. The van der Waals surface area contributed by atoms with Crippen molar-refractivity contribution in [3.05, 3.63) is 24.3 Å². The lowest BCUT2D eigenvalue weighted by atomic mass is 9.74. The first kappa shape index (κ1) is 23.4. The third-order valence-electron chi connectivity index (χ3n) is 7.58. The zero-order valence-electron chi connectivity index (χ0n) is 19.9. The minimum Gasteiger partial charge on any atom is -0.394 e. The van der Waals surface area contributed by atoms with E-state index in [1.54, 1.807) is 28.6 Å². The lowest BCUT2D eigenvalue weighted by Crippen LogP contribution is -2.59. The van der Waals surface area contributed by atoms with Crippen molar-refractivity contribution in [2.75, 3.05) is 26.7 Å². The Balaban J connectivity index is 1.93. The summed E-state index contributed by atoms with van der Waals surface area (Å²) in [6.07, 6.45) is 8.60. The van der Waals surface area contributed by atoms with Crippen LogP contribution in [-0.4, -0.2) is 91.4 Å². The smallest absolute Gasteiger partial charge is 0.247 e. The van der Waals surface area contributed by atoms with Crippen LogP contribution in [0, 0.1) is 11.8 Å². The highest BCUT2D eigenvalue weighted by Gasteiger charge is 2.74. The Morgan fingerprint density at radius 1 is 1.09 bits per heavy atom. The van der Waals surface area contributed by atoms with E-state index in [9.17, 15) is 19.5 Å². The van der Waals surface area contributed by atoms with Crippen LogP contribution in [0.1, 0.15) is 41.0 Å². The van der Waals surface area contributed by atoms with E-state index in [0.717, 1.165) is 0 Å². The van der Waals surface area contributed by atoms with Gasteiger partial charge in [-0.25, -0.2) is 0 Å². The Kier molecular flexibility index (Phi) is 5.56. The van der Waals surface area contributed by atoms with Crippen LogP contribution in [0.3, 0.4) is 0 Å². The summed E-state index contributed by atoms with van der Waals surface area (Å²) >= 11 is 1.58. The summed E-state index contributed by atoms with van der Waals surface area (Å²) in [6.45, 7) is 10.7. The van der Waals surface area contributed by atoms with Crippen LogP contribution < -0.4 is 0 Å². The zero-order valence-corrected chi connectivity index (χ0v) is 20.7. The first-order chi connectivity index (χ1) is 14.9. The Hall–Kier alpha value is -1.80. The fraction of sp³-hybridized carbons (Fsp3) is 0.708. The van der Waals surface area contributed by atoms with E-state index in [1.807, 2.05) is 57.7 Å². The quantitative estimate of drug-likeness (QED) is 0.647. The molecule has 2 fully saturated rings. The predicted molar refractivity (Wildman–Crippen MR) is 125 cm³/mol. The van der Waals surface area contributed by atoms with Crippen LogP contribution in [0.5, 0.6) is 0 Å². The van der Waals surface area contributed by atoms with Gasteiger partial charge in [-0.05, 0) is 34.1 Å². The summed E-state index contributed by atoms with van der Waals surface area (Å²) in [5.41, 5.74) is -0.423. The van der Waals surface area contributed by atoms with Gasteiger partial charge in [0.2, 0.25) is 17.7 Å². The number of amides is 3. The van der Waals surface area contributed by atoms with Gasteiger partial charge in [0, 0.05) is 30.4 Å². The molecule has 4 heterocycles. The number of carbonyl (C=O) groups is 3. The largest absolute Gasteiger partial charge is 0.394 e. The molecule has 3 amide bonds. The minimum atomic E-state index is -0.853. The molecule has 176 valence electrons. The second-order valence-corrected chi connectivity index (χ2v) is 12.4. The van der Waals surface area contributed by atoms with Crippen molar-refractivity contribution in [3.8, 4) is 0 Å². The van der Waals surface area contributed by atoms with E-state index in [2.05, 4.69) is 6.08 Å². The second-order valence-electron chi connectivity index (χ2n) is 10.6. The molecule has 4 aliphatic heterocycles. The van der Waals surface area contributed by atoms with Gasteiger partial charge in [0.15, 0.2) is 0 Å². The van der Waals surface area contributed by atoms with Crippen LogP contribution >= 0.6 is 11.8 Å². The maximum atomic E-state index is 14.1. The van der Waals surface area contributed by atoms with Crippen molar-refractivity contribution >= 4 is 29.5 Å². The zero-order chi connectivity index (χ0) is 23.6. The van der Waals surface area contributed by atoms with Crippen molar-refractivity contribution in [1.29, 1.82) is 0 Å². The maximum absolute atomic E-state index is 14.1. The molecule has 4 aliphatic rings. The molecular weight excluding hydrogens is 426 g/mol. The summed E-state index contributed by atoms with van der Waals surface area (Å²) < 4.78 is -1.44. The first-order valence-electron chi connectivity index (χ1n) is 11.5. The molecule has 4 rings (SSSR count). The van der Waals surface area contributed by atoms with Crippen molar-refractivity contribution in [2.45, 2.75) is 68.2 Å². The normalized spacial score (nSPS) is 37.9. The lowest BCUT2D eigenvalue weighted by Gasteiger charge is -2.42. The molecule has 0 aromatic heterocycles. The number of fused-ring (bicyclic) bond motifs is 2. The third-order valence-corrected chi connectivity index (χ3v) is 9.38. The van der Waals surface area contributed by atoms with Crippen LogP contribution in [-0.2, 0) is 14.4 Å². The summed E-state index contributed by atoms with van der Waals surface area (Å²) in [5, 5.41) is 10.1. The highest BCUT2D eigenvalue weighted by Crippen LogP contribution is 2.65. The molecule has 8 heteroatoms. The Morgan fingerprint density at radius 3 is 2.34 bits per heavy atom. The molecular formula is C24H35N3O4S. The van der Waals surface area contributed by atoms with Crippen molar-refractivity contribution in [3.63, 3.8) is 0 Å². The summed E-state index contributed by atoms with van der Waals surface area (Å²) in [4.78, 5) is 46.8. The molecule has 6 atom stereocenters.